The number of hydrogen-bond donors (Lipinski definition) is 0. The number of nitrogens with zero attached hydrogens (tertiary/aromatic N) is 3. The lowest BCUT2D eigenvalue weighted by molar-refractivity contribution is -0.0498. The van der Waals surface area contributed by atoms with Crippen molar-refractivity contribution in [3.05, 3.63) is 76.9 Å². The van der Waals surface area contributed by atoms with Gasteiger partial charge >= 0.3 is 6.61 Å². The number of carbonyl (C=O) groups is 1. The smallest absolute Gasteiger partial charge is 0.387 e. The molecule has 1 aromatic heterocycles. The van der Waals surface area contributed by atoms with Crippen molar-refractivity contribution in [2.24, 2.45) is 0 Å². The van der Waals surface area contributed by atoms with Gasteiger partial charge in [0.1, 0.15) is 11.6 Å². The van der Waals surface area contributed by atoms with E-state index < -0.39 is 6.61 Å². The van der Waals surface area contributed by atoms with Crippen molar-refractivity contribution in [1.29, 1.82) is 0 Å². The summed E-state index contributed by atoms with van der Waals surface area (Å²) in [4.78, 5) is 14.6. The molecule has 0 bridgehead atoms. The molecule has 0 spiro atoms. The Labute approximate surface area is 171 Å². The first-order valence-electron chi connectivity index (χ1n) is 9.58. The van der Waals surface area contributed by atoms with E-state index in [2.05, 4.69) is 9.84 Å². The van der Waals surface area contributed by atoms with Crippen LogP contribution in [-0.4, -0.2) is 34.2 Å². The summed E-state index contributed by atoms with van der Waals surface area (Å²) in [5, 5.41) is 4.54. The van der Waals surface area contributed by atoms with E-state index >= 15 is 0 Å². The predicted molar refractivity (Wildman–Crippen MR) is 104 cm³/mol. The molecule has 8 heteroatoms. The lowest BCUT2D eigenvalue weighted by Crippen LogP contribution is -2.27. The highest BCUT2D eigenvalue weighted by molar-refractivity contribution is 5.94. The second-order valence-electron chi connectivity index (χ2n) is 7.20. The third-order valence-electron chi connectivity index (χ3n) is 5.12. The maximum absolute atomic E-state index is 13.3. The third kappa shape index (κ3) is 4.03. The van der Waals surface area contributed by atoms with Gasteiger partial charge in [0.25, 0.3) is 5.91 Å². The molecule has 0 aliphatic heterocycles. The second kappa shape index (κ2) is 8.22. The number of carbonyl (C=O) groups excluding carboxylic acids is 1. The van der Waals surface area contributed by atoms with Gasteiger partial charge in [0.2, 0.25) is 0 Å². The van der Waals surface area contributed by atoms with Crippen LogP contribution in [0, 0.1) is 5.82 Å². The van der Waals surface area contributed by atoms with Gasteiger partial charge in [-0.25, -0.2) is 9.07 Å². The summed E-state index contributed by atoms with van der Waals surface area (Å²) in [6.45, 7) is -2.58. The molecule has 4 rings (SSSR count). The zero-order valence-electron chi connectivity index (χ0n) is 16.3. The maximum atomic E-state index is 13.3. The Morgan fingerprint density at radius 3 is 2.50 bits per heavy atom. The van der Waals surface area contributed by atoms with Crippen molar-refractivity contribution in [3.8, 4) is 11.4 Å². The lowest BCUT2D eigenvalue weighted by atomic mass is 10.1. The Morgan fingerprint density at radius 2 is 1.83 bits per heavy atom. The summed E-state index contributed by atoms with van der Waals surface area (Å²) in [6, 6.07) is 12.2. The summed E-state index contributed by atoms with van der Waals surface area (Å²) in [5.74, 6) is -0.482. The minimum atomic E-state index is -2.88. The van der Waals surface area contributed by atoms with Crippen molar-refractivity contribution < 1.29 is 22.7 Å². The van der Waals surface area contributed by atoms with E-state index in [9.17, 15) is 18.0 Å². The van der Waals surface area contributed by atoms with Gasteiger partial charge in [0, 0.05) is 24.8 Å². The molecule has 0 fully saturated rings. The van der Waals surface area contributed by atoms with Crippen LogP contribution in [0.4, 0.5) is 13.2 Å². The van der Waals surface area contributed by atoms with Crippen molar-refractivity contribution in [2.45, 2.75) is 32.4 Å². The molecule has 0 radical (unpaired) electrons. The molecular weight excluding hydrogens is 395 g/mol. The van der Waals surface area contributed by atoms with Crippen LogP contribution in [0.2, 0.25) is 0 Å². The number of rotatable bonds is 6. The van der Waals surface area contributed by atoms with Crippen molar-refractivity contribution >= 4 is 5.91 Å². The molecule has 1 aliphatic carbocycles. The fraction of sp³-hybridized carbons (Fsp3) is 0.273. The summed E-state index contributed by atoms with van der Waals surface area (Å²) in [7, 11) is 1.67. The highest BCUT2D eigenvalue weighted by Crippen LogP contribution is 2.29. The molecule has 0 saturated carbocycles. The first kappa shape index (κ1) is 20.0. The number of benzene rings is 2. The van der Waals surface area contributed by atoms with E-state index in [0.717, 1.165) is 36.1 Å². The fourth-order valence-corrected chi connectivity index (χ4v) is 3.71. The number of aromatic nitrogens is 2. The molecule has 3 aromatic rings. The van der Waals surface area contributed by atoms with E-state index in [1.807, 2.05) is 0 Å². The van der Waals surface area contributed by atoms with E-state index in [4.69, 9.17) is 0 Å². The fourth-order valence-electron chi connectivity index (χ4n) is 3.71. The van der Waals surface area contributed by atoms with Crippen molar-refractivity contribution in [2.75, 3.05) is 7.05 Å². The van der Waals surface area contributed by atoms with E-state index in [1.165, 1.54) is 24.3 Å². The van der Waals surface area contributed by atoms with Gasteiger partial charge in [-0.05, 0) is 61.2 Å². The number of alkyl halides is 2. The molecule has 0 unspecified atom stereocenters. The van der Waals surface area contributed by atoms with Crippen LogP contribution >= 0.6 is 0 Å². The topological polar surface area (TPSA) is 47.4 Å². The summed E-state index contributed by atoms with van der Waals surface area (Å²) >= 11 is 0. The number of ether oxygens (including phenoxy) is 1. The maximum Gasteiger partial charge on any atom is 0.387 e. The highest BCUT2D eigenvalue weighted by atomic mass is 19.3. The molecule has 30 heavy (non-hydrogen) atoms. The van der Waals surface area contributed by atoms with E-state index in [-0.39, 0.29) is 17.5 Å². The summed E-state index contributed by atoms with van der Waals surface area (Å²) < 4.78 is 43.9. The average molecular weight is 415 g/mol. The molecule has 5 nitrogen and oxygen atoms in total. The van der Waals surface area contributed by atoms with Gasteiger partial charge in [0.05, 0.1) is 5.69 Å². The number of hydrogen-bond acceptors (Lipinski definition) is 3. The minimum Gasteiger partial charge on any atom is -0.435 e. The van der Waals surface area contributed by atoms with E-state index in [1.54, 1.807) is 40.9 Å². The Kier molecular flexibility index (Phi) is 5.48. The zero-order valence-corrected chi connectivity index (χ0v) is 16.3. The number of amides is 1. The van der Waals surface area contributed by atoms with Gasteiger partial charge in [-0.1, -0.05) is 12.1 Å². The SMILES string of the molecule is CN(Cc1ccc(OC(F)F)cc1)C(=O)c1nn(-c2ccc(F)cc2)c2c1CCC2. The zero-order chi connectivity index (χ0) is 21.3. The Bertz CT molecular complexity index is 1050. The quantitative estimate of drug-likeness (QED) is 0.601. The first-order valence-corrected chi connectivity index (χ1v) is 9.58. The van der Waals surface area contributed by atoms with E-state index in [0.29, 0.717) is 17.9 Å². The molecule has 1 heterocycles. The Hall–Kier alpha value is -3.29. The van der Waals surface area contributed by atoms with Gasteiger partial charge in [-0.2, -0.15) is 13.9 Å². The molecule has 1 aliphatic rings. The van der Waals surface area contributed by atoms with Crippen molar-refractivity contribution in [3.63, 3.8) is 0 Å². The lowest BCUT2D eigenvalue weighted by Gasteiger charge is -2.17. The number of fused-ring (bicyclic) bond motifs is 1. The molecule has 2 aromatic carbocycles. The molecule has 156 valence electrons. The minimum absolute atomic E-state index is 0.0681. The number of halogens is 3. The monoisotopic (exact) mass is 415 g/mol. The second-order valence-corrected chi connectivity index (χ2v) is 7.20. The van der Waals surface area contributed by atoms with Crippen LogP contribution in [0.3, 0.4) is 0 Å². The molecule has 0 atom stereocenters. The average Bonchev–Trinajstić information content (AvgIpc) is 3.32. The van der Waals surface area contributed by atoms with Crippen LogP contribution in [-0.2, 0) is 19.4 Å². The highest BCUT2D eigenvalue weighted by Gasteiger charge is 2.28. The summed E-state index contributed by atoms with van der Waals surface area (Å²) in [6.07, 6.45) is 2.51. The third-order valence-corrected chi connectivity index (χ3v) is 5.12. The summed E-state index contributed by atoms with van der Waals surface area (Å²) in [5.41, 5.74) is 3.80. The van der Waals surface area contributed by atoms with Crippen LogP contribution in [0.15, 0.2) is 48.5 Å². The van der Waals surface area contributed by atoms with Crippen molar-refractivity contribution in [1.82, 2.24) is 14.7 Å². The standard InChI is InChI=1S/C22H20F3N3O2/c1-27(13-14-5-11-17(12-6-14)30-22(24)25)21(29)20-18-3-2-4-19(18)28(26-20)16-9-7-15(23)8-10-16/h5-12,22H,2-4,13H2,1H3. The van der Waals surface area contributed by atoms with Gasteiger partial charge in [-0.3, -0.25) is 4.79 Å². The van der Waals surface area contributed by atoms with Crippen LogP contribution in [0.5, 0.6) is 5.75 Å². The predicted octanol–water partition coefficient (Wildman–Crippen LogP) is 4.37. The van der Waals surface area contributed by atoms with Crippen LogP contribution < -0.4 is 4.74 Å². The van der Waals surface area contributed by atoms with Gasteiger partial charge in [-0.15, -0.1) is 0 Å². The Morgan fingerprint density at radius 1 is 1.13 bits per heavy atom. The largest absolute Gasteiger partial charge is 0.435 e. The van der Waals surface area contributed by atoms with Gasteiger partial charge in [0.15, 0.2) is 5.69 Å². The van der Waals surface area contributed by atoms with Crippen LogP contribution in [0.25, 0.3) is 5.69 Å². The molecule has 1 amide bonds. The Balaban J connectivity index is 1.54. The normalized spacial score (nSPS) is 12.8. The van der Waals surface area contributed by atoms with Gasteiger partial charge < -0.3 is 9.64 Å². The van der Waals surface area contributed by atoms with Crippen LogP contribution in [0.1, 0.15) is 33.7 Å². The first-order chi connectivity index (χ1) is 14.4. The molecular formula is C22H20F3N3O2. The molecule has 0 N–H and O–H groups in total. The molecule has 0 saturated heterocycles.